The molecule has 22 heavy (non-hydrogen) atoms. The fourth-order valence-electron chi connectivity index (χ4n) is 1.74. The minimum absolute atomic E-state index is 0.0287. The lowest BCUT2D eigenvalue weighted by atomic mass is 10.2. The van der Waals surface area contributed by atoms with E-state index in [1.165, 1.54) is 0 Å². The molecule has 6 heteroatoms. The topological polar surface area (TPSA) is 81.7 Å². The highest BCUT2D eigenvalue weighted by Gasteiger charge is 2.31. The van der Waals surface area contributed by atoms with Gasteiger partial charge in [0, 0.05) is 5.69 Å². The zero-order valence-electron chi connectivity index (χ0n) is 12.6. The number of carbonyl (C=O) groups excluding carboxylic acids is 3. The van der Waals surface area contributed by atoms with Gasteiger partial charge in [0.25, 0.3) is 5.91 Å². The lowest BCUT2D eigenvalue weighted by Gasteiger charge is -2.09. The Bertz CT molecular complexity index is 560. The molecule has 1 amide bonds. The summed E-state index contributed by atoms with van der Waals surface area (Å²) in [5, 5.41) is 2.60. The predicted molar refractivity (Wildman–Crippen MR) is 79.3 cm³/mol. The first-order chi connectivity index (χ1) is 10.5. The molecule has 0 bridgehead atoms. The van der Waals surface area contributed by atoms with Crippen molar-refractivity contribution < 1.29 is 23.9 Å². The number of nitrogens with one attached hydrogen (secondary N) is 1. The number of hydrogen-bond acceptors (Lipinski definition) is 5. The first-order valence-corrected chi connectivity index (χ1v) is 7.23. The van der Waals surface area contributed by atoms with Crippen LogP contribution in [0.2, 0.25) is 0 Å². The van der Waals surface area contributed by atoms with E-state index >= 15 is 0 Å². The highest BCUT2D eigenvalue weighted by molar-refractivity contribution is 5.94. The van der Waals surface area contributed by atoms with Gasteiger partial charge in [-0.25, -0.2) is 4.79 Å². The average Bonchev–Trinajstić information content (AvgIpc) is 3.29. The molecule has 0 aliphatic heterocycles. The van der Waals surface area contributed by atoms with Gasteiger partial charge in [0.15, 0.2) is 6.61 Å². The van der Waals surface area contributed by atoms with Crippen LogP contribution in [0.15, 0.2) is 24.3 Å². The molecule has 1 saturated carbocycles. The van der Waals surface area contributed by atoms with Crippen molar-refractivity contribution in [3.8, 4) is 0 Å². The van der Waals surface area contributed by atoms with E-state index < -0.39 is 11.9 Å². The normalized spacial score (nSPS) is 13.6. The summed E-state index contributed by atoms with van der Waals surface area (Å²) >= 11 is 0. The Morgan fingerprint density at radius 1 is 1.18 bits per heavy atom. The van der Waals surface area contributed by atoms with Crippen molar-refractivity contribution >= 4 is 23.5 Å². The molecule has 0 aromatic heterocycles. The zero-order chi connectivity index (χ0) is 16.1. The van der Waals surface area contributed by atoms with Crippen molar-refractivity contribution in [3.05, 3.63) is 29.8 Å². The highest BCUT2D eigenvalue weighted by atomic mass is 16.5. The van der Waals surface area contributed by atoms with Gasteiger partial charge in [-0.2, -0.15) is 0 Å². The second-order valence-electron chi connectivity index (χ2n) is 5.46. The van der Waals surface area contributed by atoms with Gasteiger partial charge < -0.3 is 14.8 Å². The maximum absolute atomic E-state index is 11.7. The second-order valence-corrected chi connectivity index (χ2v) is 5.46. The zero-order valence-corrected chi connectivity index (χ0v) is 12.6. The van der Waals surface area contributed by atoms with Crippen molar-refractivity contribution in [2.75, 3.05) is 11.9 Å². The molecule has 1 aliphatic carbocycles. The third-order valence-corrected chi connectivity index (χ3v) is 3.00. The molecule has 0 spiro atoms. The molecule has 1 aromatic carbocycles. The fraction of sp³-hybridized carbons (Fsp3) is 0.438. The molecule has 0 atom stereocenters. The third kappa shape index (κ3) is 4.87. The summed E-state index contributed by atoms with van der Waals surface area (Å²) in [7, 11) is 0. The largest absolute Gasteiger partial charge is 0.459 e. The van der Waals surface area contributed by atoms with Gasteiger partial charge in [-0.3, -0.25) is 9.59 Å². The van der Waals surface area contributed by atoms with Crippen LogP contribution in [0.5, 0.6) is 0 Å². The van der Waals surface area contributed by atoms with Gasteiger partial charge in [0.05, 0.1) is 17.6 Å². The van der Waals surface area contributed by atoms with Gasteiger partial charge >= 0.3 is 11.9 Å². The molecular weight excluding hydrogens is 286 g/mol. The van der Waals surface area contributed by atoms with Crippen molar-refractivity contribution in [3.63, 3.8) is 0 Å². The minimum Gasteiger partial charge on any atom is -0.459 e. The number of ether oxygens (including phenoxy) is 2. The summed E-state index contributed by atoms with van der Waals surface area (Å²) in [6.45, 7) is 3.25. The van der Waals surface area contributed by atoms with Crippen LogP contribution in [0.1, 0.15) is 37.0 Å². The van der Waals surface area contributed by atoms with E-state index in [1.807, 2.05) is 0 Å². The molecule has 1 aromatic rings. The molecule has 0 saturated heterocycles. The van der Waals surface area contributed by atoms with Crippen molar-refractivity contribution in [2.45, 2.75) is 32.8 Å². The highest BCUT2D eigenvalue weighted by Crippen LogP contribution is 2.29. The quantitative estimate of drug-likeness (QED) is 0.814. The Morgan fingerprint density at radius 3 is 2.36 bits per heavy atom. The van der Waals surface area contributed by atoms with Crippen LogP contribution in [-0.4, -0.2) is 30.6 Å². The number of hydrogen-bond donors (Lipinski definition) is 1. The Labute approximate surface area is 128 Å². The Balaban J connectivity index is 1.81. The van der Waals surface area contributed by atoms with Crippen molar-refractivity contribution in [2.24, 2.45) is 5.92 Å². The summed E-state index contributed by atoms with van der Waals surface area (Å²) in [6.07, 6.45) is 1.50. The molecule has 1 N–H and O–H groups in total. The summed E-state index contributed by atoms with van der Waals surface area (Å²) in [5.74, 6) is -1.17. The Kier molecular flexibility index (Phi) is 5.14. The van der Waals surface area contributed by atoms with E-state index in [0.717, 1.165) is 12.8 Å². The summed E-state index contributed by atoms with van der Waals surface area (Å²) in [5.41, 5.74) is 0.931. The molecule has 1 aliphatic rings. The molecule has 1 fully saturated rings. The summed E-state index contributed by atoms with van der Waals surface area (Å²) in [6, 6.07) is 6.32. The monoisotopic (exact) mass is 305 g/mol. The predicted octanol–water partition coefficient (Wildman–Crippen LogP) is 2.14. The first-order valence-electron chi connectivity index (χ1n) is 7.23. The smallest absolute Gasteiger partial charge is 0.338 e. The third-order valence-electron chi connectivity index (χ3n) is 3.00. The summed E-state index contributed by atoms with van der Waals surface area (Å²) in [4.78, 5) is 34.6. The minimum atomic E-state index is -0.411. The van der Waals surface area contributed by atoms with Crippen molar-refractivity contribution in [1.29, 1.82) is 0 Å². The van der Waals surface area contributed by atoms with Crippen LogP contribution in [0.3, 0.4) is 0 Å². The average molecular weight is 305 g/mol. The SMILES string of the molecule is CC(C)OC(=O)c1ccc(NC(=O)COC(=O)C2CC2)cc1. The maximum atomic E-state index is 11.7. The molecule has 0 radical (unpaired) electrons. The Hall–Kier alpha value is -2.37. The second kappa shape index (κ2) is 7.06. The molecule has 118 valence electrons. The van der Waals surface area contributed by atoms with Crippen LogP contribution in [0.25, 0.3) is 0 Å². The van der Waals surface area contributed by atoms with Crippen LogP contribution >= 0.6 is 0 Å². The van der Waals surface area contributed by atoms with Crippen LogP contribution in [0.4, 0.5) is 5.69 Å². The lowest BCUT2D eigenvalue weighted by Crippen LogP contribution is -2.21. The van der Waals surface area contributed by atoms with Gasteiger partial charge in [0.2, 0.25) is 0 Å². The number of carbonyl (C=O) groups is 3. The lowest BCUT2D eigenvalue weighted by molar-refractivity contribution is -0.148. The molecule has 0 heterocycles. The number of amides is 1. The van der Waals surface area contributed by atoms with Gasteiger partial charge in [0.1, 0.15) is 0 Å². The number of rotatable bonds is 6. The van der Waals surface area contributed by atoms with Gasteiger partial charge in [-0.1, -0.05) is 0 Å². The van der Waals surface area contributed by atoms with E-state index in [2.05, 4.69) is 5.32 Å². The van der Waals surface area contributed by atoms with E-state index in [4.69, 9.17) is 9.47 Å². The van der Waals surface area contributed by atoms with Gasteiger partial charge in [-0.15, -0.1) is 0 Å². The number of benzene rings is 1. The van der Waals surface area contributed by atoms with E-state index in [-0.39, 0.29) is 24.6 Å². The van der Waals surface area contributed by atoms with Crippen LogP contribution < -0.4 is 5.32 Å². The molecule has 2 rings (SSSR count). The van der Waals surface area contributed by atoms with E-state index in [0.29, 0.717) is 11.3 Å². The summed E-state index contributed by atoms with van der Waals surface area (Å²) < 4.78 is 9.95. The van der Waals surface area contributed by atoms with Crippen LogP contribution in [-0.2, 0) is 19.1 Å². The fourth-order valence-corrected chi connectivity index (χ4v) is 1.74. The molecular formula is C16H19NO5. The first kappa shape index (κ1) is 16.0. The Morgan fingerprint density at radius 2 is 1.82 bits per heavy atom. The number of esters is 2. The van der Waals surface area contributed by atoms with E-state index in [9.17, 15) is 14.4 Å². The number of anilines is 1. The van der Waals surface area contributed by atoms with E-state index in [1.54, 1.807) is 38.1 Å². The van der Waals surface area contributed by atoms with Crippen LogP contribution in [0, 0.1) is 5.92 Å². The standard InChI is InChI=1S/C16H19NO5/c1-10(2)22-16(20)12-5-7-13(8-6-12)17-14(18)9-21-15(19)11-3-4-11/h5-8,10-11H,3-4,9H2,1-2H3,(H,17,18). The molecule has 6 nitrogen and oxygen atoms in total. The molecule has 0 unspecified atom stereocenters. The van der Waals surface area contributed by atoms with Gasteiger partial charge in [-0.05, 0) is 51.0 Å². The van der Waals surface area contributed by atoms with Crippen molar-refractivity contribution in [1.82, 2.24) is 0 Å². The maximum Gasteiger partial charge on any atom is 0.338 e.